The zero-order valence-electron chi connectivity index (χ0n) is 60.5. The lowest BCUT2D eigenvalue weighted by molar-refractivity contribution is -0.141. The molecule has 0 saturated heterocycles. The van der Waals surface area contributed by atoms with Crippen LogP contribution in [0.5, 0.6) is 17.2 Å². The SMILES string of the molecule is COc1cccc(C(=O)NC(C(=O)CC(Cc2ccccc2)C(=O)C(=O)NC2CC2)C(C)C)c1.COc1cccc(C(=O)NC(CC(C)C)C(=O)CC(Cc2ccccc2)C(=O)C(=O)NC2CC2)c1.COc1cccc(C(=O)NC(CC2CC2)C(=O)CC(Cc2ccccc2)C(=O)C(=O)NC2CC2)c1. The van der Waals surface area contributed by atoms with Crippen molar-refractivity contribution in [3.8, 4) is 17.2 Å². The van der Waals surface area contributed by atoms with E-state index in [9.17, 15) is 57.5 Å². The van der Waals surface area contributed by atoms with E-state index in [0.717, 1.165) is 68.1 Å². The van der Waals surface area contributed by atoms with Crippen LogP contribution in [0.25, 0.3) is 0 Å². The van der Waals surface area contributed by atoms with Crippen molar-refractivity contribution in [2.75, 3.05) is 21.3 Å². The van der Waals surface area contributed by atoms with Gasteiger partial charge in [0.25, 0.3) is 35.4 Å². The van der Waals surface area contributed by atoms with Gasteiger partial charge in [-0.1, -0.05) is 150 Å². The number of methoxy groups -OCH3 is 3. The predicted molar refractivity (Wildman–Crippen MR) is 393 cm³/mol. The Bertz CT molecular complexity index is 3800. The highest BCUT2D eigenvalue weighted by molar-refractivity contribution is 6.38. The van der Waals surface area contributed by atoms with Gasteiger partial charge in [-0.25, -0.2) is 0 Å². The van der Waals surface area contributed by atoms with Crippen molar-refractivity contribution in [2.24, 2.45) is 35.5 Å². The van der Waals surface area contributed by atoms with E-state index in [1.165, 1.54) is 21.3 Å². The zero-order chi connectivity index (χ0) is 74.8. The second kappa shape index (κ2) is 39.3. The van der Waals surface area contributed by atoms with Crippen LogP contribution in [0, 0.1) is 35.5 Å². The lowest BCUT2D eigenvalue weighted by Crippen LogP contribution is -2.46. The molecule has 104 heavy (non-hydrogen) atoms. The van der Waals surface area contributed by atoms with Crippen LogP contribution < -0.4 is 46.1 Å². The van der Waals surface area contributed by atoms with Gasteiger partial charge in [-0.05, 0) is 160 Å². The summed E-state index contributed by atoms with van der Waals surface area (Å²) < 4.78 is 15.6. The van der Waals surface area contributed by atoms with Crippen LogP contribution in [0.4, 0.5) is 0 Å². The Kier molecular flexibility index (Phi) is 29.9. The van der Waals surface area contributed by atoms with E-state index in [4.69, 9.17) is 14.2 Å². The number of amides is 6. The Morgan fingerprint density at radius 1 is 0.375 bits per heavy atom. The second-order valence-electron chi connectivity index (χ2n) is 28.3. The van der Waals surface area contributed by atoms with E-state index in [1.807, 2.05) is 119 Å². The molecule has 0 spiro atoms. The molecular weight excluding hydrogens is 1320 g/mol. The van der Waals surface area contributed by atoms with Gasteiger partial charge in [-0.15, -0.1) is 0 Å². The third kappa shape index (κ3) is 26.1. The first-order valence-corrected chi connectivity index (χ1v) is 36.1. The maximum atomic E-state index is 13.4. The Labute approximate surface area is 608 Å². The summed E-state index contributed by atoms with van der Waals surface area (Å²) in [7, 11) is 4.56. The molecule has 6 N–H and O–H groups in total. The first kappa shape index (κ1) is 79.3. The zero-order valence-corrected chi connectivity index (χ0v) is 60.5. The number of carbonyl (C=O) groups is 12. The fraction of sp³-hybridized carbons (Fsp3) is 0.422. The maximum Gasteiger partial charge on any atom is 0.287 e. The Morgan fingerprint density at radius 2 is 0.692 bits per heavy atom. The van der Waals surface area contributed by atoms with E-state index < -0.39 is 76.9 Å². The van der Waals surface area contributed by atoms with Gasteiger partial charge in [-0.3, -0.25) is 57.5 Å². The first-order chi connectivity index (χ1) is 50.0. The summed E-state index contributed by atoms with van der Waals surface area (Å²) >= 11 is 0. The number of hydrogen-bond acceptors (Lipinski definition) is 15. The van der Waals surface area contributed by atoms with Crippen LogP contribution in [-0.4, -0.2) is 128 Å². The van der Waals surface area contributed by atoms with Gasteiger partial charge >= 0.3 is 0 Å². The van der Waals surface area contributed by atoms with Crippen LogP contribution >= 0.6 is 0 Å². The predicted octanol–water partition coefficient (Wildman–Crippen LogP) is 9.88. The standard InChI is InChI=1S/C28H32N2O5.C28H34N2O5.C27H32N2O5/c1-35-23-9-5-8-20(16-23)27(33)30-24(15-19-10-11-19)25(31)17-21(14-18-6-3-2-4-7-18)26(32)28(34)29-22-12-13-22;1-18(2)14-24(30-27(33)20-10-7-11-23(16-20)35-3)25(31)17-21(15-19-8-5-4-6-9-19)26(32)28(34)29-22-12-13-22;1-17(2)24(29-26(32)19-10-7-11-22(15-19)34-3)23(30)16-20(14-18-8-5-4-6-9-18)25(31)27(33)28-21-12-13-21/h2-9,16,19,21-22,24H,10-15,17H2,1H3,(H,29,34)(H,30,33);4-11,16,18,21-22,24H,12-15,17H2,1-3H3,(H,29,34)(H,30,33);4-11,15,17,20-21,24H,12-14,16H2,1-3H3,(H,28,33)(H,29,32). The molecule has 21 heteroatoms. The average molecular weight is 1420 g/mol. The normalized spacial score (nSPS) is 15.3. The number of Topliss-reactive ketones (excluding diaryl/α,β-unsaturated/α-hetero) is 6. The first-order valence-electron chi connectivity index (χ1n) is 36.1. The monoisotopic (exact) mass is 1420 g/mol. The van der Waals surface area contributed by atoms with Gasteiger partial charge < -0.3 is 46.1 Å². The van der Waals surface area contributed by atoms with Crippen LogP contribution in [0.1, 0.15) is 159 Å². The lowest BCUT2D eigenvalue weighted by Gasteiger charge is -2.24. The second-order valence-corrected chi connectivity index (χ2v) is 28.3. The van der Waals surface area contributed by atoms with Gasteiger partial charge in [0.15, 0.2) is 17.3 Å². The van der Waals surface area contributed by atoms with E-state index >= 15 is 0 Å². The lowest BCUT2D eigenvalue weighted by atomic mass is 9.86. The summed E-state index contributed by atoms with van der Waals surface area (Å²) in [4.78, 5) is 155. The summed E-state index contributed by atoms with van der Waals surface area (Å²) in [5, 5.41) is 16.7. The fourth-order valence-electron chi connectivity index (χ4n) is 11.9. The van der Waals surface area contributed by atoms with Crippen LogP contribution in [-0.2, 0) is 62.4 Å². The summed E-state index contributed by atoms with van der Waals surface area (Å²) in [5.74, 6) is -5.99. The third-order valence-corrected chi connectivity index (χ3v) is 18.5. The van der Waals surface area contributed by atoms with Crippen molar-refractivity contribution in [2.45, 2.75) is 167 Å². The molecule has 0 aromatic heterocycles. The van der Waals surface area contributed by atoms with Gasteiger partial charge in [-0.2, -0.15) is 0 Å². The fourth-order valence-corrected chi connectivity index (χ4v) is 11.9. The molecule has 21 nitrogen and oxygen atoms in total. The smallest absolute Gasteiger partial charge is 0.287 e. The molecule has 10 rings (SSSR count). The van der Waals surface area contributed by atoms with Gasteiger partial charge in [0.1, 0.15) is 17.2 Å². The summed E-state index contributed by atoms with van der Waals surface area (Å²) in [6.45, 7) is 7.60. The molecule has 4 saturated carbocycles. The molecule has 0 bridgehead atoms. The number of ether oxygens (including phenoxy) is 3. The third-order valence-electron chi connectivity index (χ3n) is 18.5. The van der Waals surface area contributed by atoms with Crippen molar-refractivity contribution in [1.82, 2.24) is 31.9 Å². The van der Waals surface area contributed by atoms with Crippen molar-refractivity contribution in [1.29, 1.82) is 0 Å². The molecule has 0 aliphatic heterocycles. The molecule has 0 heterocycles. The number of nitrogens with one attached hydrogen (secondary N) is 6. The summed E-state index contributed by atoms with van der Waals surface area (Å²) in [6, 6.07) is 46.1. The van der Waals surface area contributed by atoms with Crippen molar-refractivity contribution in [3.63, 3.8) is 0 Å². The molecule has 4 aliphatic rings. The minimum Gasteiger partial charge on any atom is -0.497 e. The number of ketones is 6. The van der Waals surface area contributed by atoms with Gasteiger partial charge in [0, 0.05) is 71.8 Å². The number of rotatable bonds is 38. The topological polar surface area (TPSA) is 305 Å². The molecule has 6 aromatic carbocycles. The Hall–Kier alpha value is -10.4. The number of carbonyl (C=O) groups excluding carboxylic acids is 12. The highest BCUT2D eigenvalue weighted by Gasteiger charge is 2.39. The maximum absolute atomic E-state index is 13.4. The Balaban J connectivity index is 0.000000197. The van der Waals surface area contributed by atoms with Crippen LogP contribution in [0.15, 0.2) is 164 Å². The molecule has 6 amide bonds. The molecule has 6 unspecified atom stereocenters. The molecule has 6 atom stereocenters. The molecule has 550 valence electrons. The molecule has 0 radical (unpaired) electrons. The molecule has 6 aromatic rings. The van der Waals surface area contributed by atoms with Crippen molar-refractivity contribution >= 4 is 70.1 Å². The summed E-state index contributed by atoms with van der Waals surface area (Å²) in [5.41, 5.74) is 3.79. The van der Waals surface area contributed by atoms with E-state index in [2.05, 4.69) is 31.9 Å². The number of benzene rings is 6. The van der Waals surface area contributed by atoms with E-state index in [-0.39, 0.29) is 91.2 Å². The molecular formula is C83H98N6O15. The summed E-state index contributed by atoms with van der Waals surface area (Å²) in [6.07, 6.45) is 8.73. The van der Waals surface area contributed by atoms with Crippen molar-refractivity contribution in [3.05, 3.63) is 197 Å². The van der Waals surface area contributed by atoms with E-state index in [1.54, 1.807) is 72.8 Å². The van der Waals surface area contributed by atoms with Gasteiger partial charge in [0.05, 0.1) is 39.5 Å². The van der Waals surface area contributed by atoms with Crippen LogP contribution in [0.3, 0.4) is 0 Å². The largest absolute Gasteiger partial charge is 0.497 e. The highest BCUT2D eigenvalue weighted by atomic mass is 16.5. The van der Waals surface area contributed by atoms with Crippen molar-refractivity contribution < 1.29 is 71.7 Å². The minimum atomic E-state index is -0.802. The quantitative estimate of drug-likeness (QED) is 0.0197. The average Bonchev–Trinajstić information content (AvgIpc) is 1.44. The minimum absolute atomic E-state index is 0.0510. The molecule has 4 fully saturated rings. The number of hydrogen-bond donors (Lipinski definition) is 6. The highest BCUT2D eigenvalue weighted by Crippen LogP contribution is 2.35. The van der Waals surface area contributed by atoms with Crippen LogP contribution in [0.2, 0.25) is 0 Å². The Morgan fingerprint density at radius 3 is 1.00 bits per heavy atom. The van der Waals surface area contributed by atoms with Gasteiger partial charge in [0.2, 0.25) is 17.3 Å². The molecule has 4 aliphatic carbocycles. The van der Waals surface area contributed by atoms with E-state index in [0.29, 0.717) is 59.1 Å².